The van der Waals surface area contributed by atoms with Gasteiger partial charge in [0, 0.05) is 11.1 Å². The van der Waals surface area contributed by atoms with Crippen LogP contribution in [0.15, 0.2) is 24.3 Å². The van der Waals surface area contributed by atoms with E-state index in [1.54, 1.807) is 24.3 Å². The van der Waals surface area contributed by atoms with Crippen LogP contribution in [0.5, 0.6) is 34.5 Å². The highest BCUT2D eigenvalue weighted by atomic mass is 16.3. The molecule has 6 nitrogen and oxygen atoms in total. The second-order valence-electron chi connectivity index (χ2n) is 5.65. The summed E-state index contributed by atoms with van der Waals surface area (Å²) in [5.74, 6) is -3.23. The van der Waals surface area contributed by atoms with Crippen molar-refractivity contribution in [3.05, 3.63) is 46.5 Å². The highest BCUT2D eigenvalue weighted by Gasteiger charge is 2.45. The van der Waals surface area contributed by atoms with E-state index in [0.29, 0.717) is 11.1 Å². The van der Waals surface area contributed by atoms with Gasteiger partial charge in [0.2, 0.25) is 11.5 Å². The summed E-state index contributed by atoms with van der Waals surface area (Å²) in [4.78, 5) is 0. The molecule has 2 aliphatic rings. The molecule has 23 heavy (non-hydrogen) atoms. The Hall–Kier alpha value is -3.28. The van der Waals surface area contributed by atoms with Gasteiger partial charge in [0.05, 0.1) is 5.41 Å². The van der Waals surface area contributed by atoms with Gasteiger partial charge in [-0.2, -0.15) is 0 Å². The van der Waals surface area contributed by atoms with Gasteiger partial charge >= 0.3 is 0 Å². The number of fused-ring (bicyclic) bond motifs is 4. The standard InChI is InChI=1S/C17H12O6/c18-9-5-7-1-3-17(11(7)15(22)13(9)20)4-2-8-6-10(19)14(21)16(23)12(8)17/h1-6,18-23H. The Kier molecular flexibility index (Phi) is 2.28. The Bertz CT molecular complexity index is 862. The lowest BCUT2D eigenvalue weighted by molar-refractivity contribution is 0.358. The number of phenols is 6. The Morgan fingerprint density at radius 3 is 1.35 bits per heavy atom. The van der Waals surface area contributed by atoms with Gasteiger partial charge in [-0.1, -0.05) is 24.3 Å². The lowest BCUT2D eigenvalue weighted by atomic mass is 9.77. The molecule has 2 aromatic rings. The van der Waals surface area contributed by atoms with Gasteiger partial charge in [-0.15, -0.1) is 0 Å². The lowest BCUT2D eigenvalue weighted by Gasteiger charge is -2.26. The Labute approximate surface area is 130 Å². The van der Waals surface area contributed by atoms with Crippen LogP contribution >= 0.6 is 0 Å². The Morgan fingerprint density at radius 2 is 0.957 bits per heavy atom. The lowest BCUT2D eigenvalue weighted by Crippen LogP contribution is -2.19. The first-order valence-corrected chi connectivity index (χ1v) is 6.82. The van der Waals surface area contributed by atoms with Crippen molar-refractivity contribution in [2.75, 3.05) is 0 Å². The van der Waals surface area contributed by atoms with E-state index in [-0.39, 0.29) is 11.1 Å². The molecule has 6 N–H and O–H groups in total. The fraction of sp³-hybridized carbons (Fsp3) is 0.0588. The van der Waals surface area contributed by atoms with Crippen molar-refractivity contribution >= 4 is 12.2 Å². The van der Waals surface area contributed by atoms with E-state index < -0.39 is 39.9 Å². The van der Waals surface area contributed by atoms with Gasteiger partial charge in [-0.25, -0.2) is 0 Å². The van der Waals surface area contributed by atoms with Crippen LogP contribution < -0.4 is 0 Å². The molecule has 0 aromatic heterocycles. The molecule has 0 amide bonds. The van der Waals surface area contributed by atoms with Gasteiger partial charge in [-0.05, 0) is 23.3 Å². The summed E-state index contributed by atoms with van der Waals surface area (Å²) in [7, 11) is 0. The molecule has 0 unspecified atom stereocenters. The molecule has 2 aliphatic carbocycles. The van der Waals surface area contributed by atoms with E-state index in [1.165, 1.54) is 12.1 Å². The van der Waals surface area contributed by atoms with Crippen molar-refractivity contribution in [3.8, 4) is 34.5 Å². The van der Waals surface area contributed by atoms with Crippen LogP contribution in [0.2, 0.25) is 0 Å². The predicted molar refractivity (Wildman–Crippen MR) is 81.7 cm³/mol. The smallest absolute Gasteiger partial charge is 0.200 e. The first-order chi connectivity index (χ1) is 10.9. The number of hydrogen-bond acceptors (Lipinski definition) is 6. The quantitative estimate of drug-likeness (QED) is 0.415. The molecule has 0 atom stereocenters. The normalized spacial score (nSPS) is 16.0. The van der Waals surface area contributed by atoms with Crippen LogP contribution in [-0.2, 0) is 5.41 Å². The van der Waals surface area contributed by atoms with E-state index in [0.717, 1.165) is 0 Å². The minimum Gasteiger partial charge on any atom is -0.504 e. The van der Waals surface area contributed by atoms with Crippen LogP contribution in [0.4, 0.5) is 0 Å². The maximum Gasteiger partial charge on any atom is 0.200 e. The number of rotatable bonds is 0. The van der Waals surface area contributed by atoms with Crippen molar-refractivity contribution in [1.82, 2.24) is 0 Å². The molecule has 4 rings (SSSR count). The zero-order valence-electron chi connectivity index (χ0n) is 11.6. The Balaban J connectivity index is 2.09. The van der Waals surface area contributed by atoms with E-state index in [2.05, 4.69) is 0 Å². The average molecular weight is 312 g/mol. The second-order valence-corrected chi connectivity index (χ2v) is 5.65. The maximum absolute atomic E-state index is 10.3. The molecule has 0 radical (unpaired) electrons. The molecule has 6 heteroatoms. The van der Waals surface area contributed by atoms with Crippen LogP contribution in [0.3, 0.4) is 0 Å². The molecule has 0 aliphatic heterocycles. The summed E-state index contributed by atoms with van der Waals surface area (Å²) in [6.45, 7) is 0. The third-order valence-electron chi connectivity index (χ3n) is 4.45. The Morgan fingerprint density at radius 1 is 0.565 bits per heavy atom. The summed E-state index contributed by atoms with van der Waals surface area (Å²) in [6.07, 6.45) is 6.62. The average Bonchev–Trinajstić information content (AvgIpc) is 3.05. The van der Waals surface area contributed by atoms with Crippen LogP contribution in [-0.4, -0.2) is 30.6 Å². The zero-order valence-corrected chi connectivity index (χ0v) is 11.6. The number of aromatic hydroxyl groups is 6. The molecule has 0 saturated heterocycles. The summed E-state index contributed by atoms with van der Waals surface area (Å²) >= 11 is 0. The molecule has 1 spiro atoms. The van der Waals surface area contributed by atoms with Gasteiger partial charge in [0.1, 0.15) is 0 Å². The summed E-state index contributed by atoms with van der Waals surface area (Å²) < 4.78 is 0. The fourth-order valence-electron chi connectivity index (χ4n) is 3.42. The monoisotopic (exact) mass is 312 g/mol. The van der Waals surface area contributed by atoms with E-state index in [9.17, 15) is 30.6 Å². The molecule has 116 valence electrons. The zero-order chi connectivity index (χ0) is 16.5. The van der Waals surface area contributed by atoms with Gasteiger partial charge in [-0.3, -0.25) is 0 Å². The van der Waals surface area contributed by atoms with Crippen LogP contribution in [0.1, 0.15) is 22.3 Å². The van der Waals surface area contributed by atoms with E-state index in [4.69, 9.17) is 0 Å². The molecule has 0 saturated carbocycles. The molecule has 2 aromatic carbocycles. The maximum atomic E-state index is 10.3. The highest BCUT2D eigenvalue weighted by Crippen LogP contribution is 2.59. The van der Waals surface area contributed by atoms with E-state index >= 15 is 0 Å². The highest BCUT2D eigenvalue weighted by molar-refractivity contribution is 5.86. The minimum atomic E-state index is -1.10. The molecule has 0 bridgehead atoms. The van der Waals surface area contributed by atoms with Crippen LogP contribution in [0, 0.1) is 0 Å². The van der Waals surface area contributed by atoms with E-state index in [1.807, 2.05) is 0 Å². The van der Waals surface area contributed by atoms with Crippen molar-refractivity contribution in [1.29, 1.82) is 0 Å². The summed E-state index contributed by atoms with van der Waals surface area (Å²) in [6, 6.07) is 2.61. The van der Waals surface area contributed by atoms with Crippen molar-refractivity contribution < 1.29 is 30.6 Å². The topological polar surface area (TPSA) is 121 Å². The first-order valence-electron chi connectivity index (χ1n) is 6.82. The molecule has 0 heterocycles. The van der Waals surface area contributed by atoms with Gasteiger partial charge in [0.25, 0.3) is 0 Å². The SMILES string of the molecule is Oc1cc2c(c(O)c1O)C1(C=C2)C=Cc2cc(O)c(O)c(O)c21. The molecule has 0 fully saturated rings. The number of phenolic OH excluding ortho intramolecular Hbond substituents is 6. The molecular formula is C17H12O6. The van der Waals surface area contributed by atoms with Gasteiger partial charge < -0.3 is 30.6 Å². The number of allylic oxidation sites excluding steroid dienone is 2. The predicted octanol–water partition coefficient (Wildman–Crippen LogP) is 2.26. The summed E-state index contributed by atoms with van der Waals surface area (Å²) in [5, 5.41) is 59.5. The fourth-order valence-corrected chi connectivity index (χ4v) is 3.42. The summed E-state index contributed by atoms with van der Waals surface area (Å²) in [5.41, 5.74) is 0.408. The number of benzene rings is 2. The van der Waals surface area contributed by atoms with Crippen molar-refractivity contribution in [3.63, 3.8) is 0 Å². The van der Waals surface area contributed by atoms with Crippen LogP contribution in [0.25, 0.3) is 12.2 Å². The number of hydrogen-bond donors (Lipinski definition) is 6. The largest absolute Gasteiger partial charge is 0.504 e. The molecular weight excluding hydrogens is 300 g/mol. The first kappa shape index (κ1) is 13.4. The van der Waals surface area contributed by atoms with Gasteiger partial charge in [0.15, 0.2) is 23.0 Å². The third-order valence-corrected chi connectivity index (χ3v) is 4.45. The second kappa shape index (κ2) is 3.92. The van der Waals surface area contributed by atoms with Crippen molar-refractivity contribution in [2.24, 2.45) is 0 Å². The third kappa shape index (κ3) is 1.42. The van der Waals surface area contributed by atoms with Crippen molar-refractivity contribution in [2.45, 2.75) is 5.41 Å². The minimum absolute atomic E-state index is 0.281.